The highest BCUT2D eigenvalue weighted by molar-refractivity contribution is 5.73. The summed E-state index contributed by atoms with van der Waals surface area (Å²) in [7, 11) is 0. The van der Waals surface area contributed by atoms with E-state index in [0.717, 1.165) is 6.42 Å². The summed E-state index contributed by atoms with van der Waals surface area (Å²) < 4.78 is 5.66. The molecule has 0 aliphatic carbocycles. The van der Waals surface area contributed by atoms with Crippen LogP contribution in [0.5, 0.6) is 0 Å². The largest absolute Gasteiger partial charge is 0.373 e. The van der Waals surface area contributed by atoms with Gasteiger partial charge in [0.25, 0.3) is 0 Å². The first-order valence-electron chi connectivity index (χ1n) is 4.93. The Labute approximate surface area is 77.8 Å². The summed E-state index contributed by atoms with van der Waals surface area (Å²) in [4.78, 5) is 10.5. The van der Waals surface area contributed by atoms with E-state index < -0.39 is 0 Å². The first-order valence-corrected chi connectivity index (χ1v) is 4.93. The number of carbonyl (C=O) groups excluding carboxylic acids is 1. The molecule has 13 heavy (non-hydrogen) atoms. The van der Waals surface area contributed by atoms with Gasteiger partial charge in [-0.25, -0.2) is 0 Å². The van der Waals surface area contributed by atoms with E-state index in [1.165, 1.54) is 12.8 Å². The molecule has 2 aliphatic heterocycles. The van der Waals surface area contributed by atoms with Crippen LogP contribution in [0, 0.1) is 0 Å². The standard InChI is InChI=1S/C9H16N2O2/c10-9(12)3-4-11-7-5-6-1-2-8(7)13-6/h6-8,11H,1-5H2,(H2,10,12). The fourth-order valence-electron chi connectivity index (χ4n) is 2.23. The van der Waals surface area contributed by atoms with Crippen LogP contribution in [0.2, 0.25) is 0 Å². The average molecular weight is 184 g/mol. The number of ether oxygens (including phenoxy) is 1. The van der Waals surface area contributed by atoms with Crippen molar-refractivity contribution in [2.24, 2.45) is 5.73 Å². The smallest absolute Gasteiger partial charge is 0.218 e. The highest BCUT2D eigenvalue weighted by Crippen LogP contribution is 2.34. The minimum absolute atomic E-state index is 0.239. The van der Waals surface area contributed by atoms with Gasteiger partial charge in [-0.2, -0.15) is 0 Å². The van der Waals surface area contributed by atoms with Crippen LogP contribution in [0.25, 0.3) is 0 Å². The van der Waals surface area contributed by atoms with Gasteiger partial charge in [-0.1, -0.05) is 0 Å². The lowest BCUT2D eigenvalue weighted by atomic mass is 9.95. The number of carbonyl (C=O) groups is 1. The molecule has 2 saturated heterocycles. The van der Waals surface area contributed by atoms with Crippen LogP contribution in [-0.4, -0.2) is 30.7 Å². The number of fused-ring (bicyclic) bond motifs is 2. The van der Waals surface area contributed by atoms with Gasteiger partial charge in [0.05, 0.1) is 12.2 Å². The Morgan fingerprint density at radius 2 is 2.38 bits per heavy atom. The van der Waals surface area contributed by atoms with Crippen molar-refractivity contribution in [2.45, 2.75) is 43.9 Å². The van der Waals surface area contributed by atoms with Crippen LogP contribution >= 0.6 is 0 Å². The van der Waals surface area contributed by atoms with E-state index >= 15 is 0 Å². The molecule has 0 radical (unpaired) electrons. The first-order chi connectivity index (χ1) is 6.25. The fourth-order valence-corrected chi connectivity index (χ4v) is 2.23. The topological polar surface area (TPSA) is 64.4 Å². The van der Waals surface area contributed by atoms with Crippen molar-refractivity contribution in [1.29, 1.82) is 0 Å². The van der Waals surface area contributed by atoms with Crippen LogP contribution in [0.1, 0.15) is 25.7 Å². The summed E-state index contributed by atoms with van der Waals surface area (Å²) in [5, 5.41) is 3.32. The number of nitrogens with one attached hydrogen (secondary N) is 1. The molecule has 0 spiro atoms. The van der Waals surface area contributed by atoms with E-state index in [-0.39, 0.29) is 5.91 Å². The summed E-state index contributed by atoms with van der Waals surface area (Å²) in [6.45, 7) is 0.687. The molecule has 2 fully saturated rings. The number of primary amides is 1. The molecule has 74 valence electrons. The number of amides is 1. The van der Waals surface area contributed by atoms with Crippen LogP contribution in [0.3, 0.4) is 0 Å². The molecule has 1 amide bonds. The molecule has 4 heteroatoms. The molecule has 2 aliphatic rings. The highest BCUT2D eigenvalue weighted by Gasteiger charge is 2.40. The molecule has 2 heterocycles. The molecule has 0 saturated carbocycles. The Kier molecular flexibility index (Phi) is 2.51. The van der Waals surface area contributed by atoms with Gasteiger partial charge in [0, 0.05) is 19.0 Å². The molecule has 2 rings (SSSR count). The van der Waals surface area contributed by atoms with Crippen molar-refractivity contribution in [1.82, 2.24) is 5.32 Å². The summed E-state index contributed by atoms with van der Waals surface area (Å²) in [5.74, 6) is -0.239. The number of nitrogens with two attached hydrogens (primary N) is 1. The third kappa shape index (κ3) is 2.00. The summed E-state index contributed by atoms with van der Waals surface area (Å²) in [6, 6.07) is 0.457. The minimum Gasteiger partial charge on any atom is -0.373 e. The van der Waals surface area contributed by atoms with Crippen LogP contribution < -0.4 is 11.1 Å². The zero-order valence-electron chi connectivity index (χ0n) is 7.66. The van der Waals surface area contributed by atoms with Gasteiger partial charge in [-0.05, 0) is 19.3 Å². The van der Waals surface area contributed by atoms with Gasteiger partial charge >= 0.3 is 0 Å². The molecule has 3 N–H and O–H groups in total. The Morgan fingerprint density at radius 3 is 2.92 bits per heavy atom. The third-order valence-electron chi connectivity index (χ3n) is 2.88. The maximum atomic E-state index is 10.5. The summed E-state index contributed by atoms with van der Waals surface area (Å²) in [6.07, 6.45) is 4.75. The molecular formula is C9H16N2O2. The van der Waals surface area contributed by atoms with Gasteiger partial charge < -0.3 is 15.8 Å². The second kappa shape index (κ2) is 3.64. The van der Waals surface area contributed by atoms with Gasteiger partial charge in [-0.3, -0.25) is 4.79 Å². The van der Waals surface area contributed by atoms with Crippen molar-refractivity contribution in [2.75, 3.05) is 6.54 Å². The van der Waals surface area contributed by atoms with Crippen molar-refractivity contribution < 1.29 is 9.53 Å². The monoisotopic (exact) mass is 184 g/mol. The lowest BCUT2D eigenvalue weighted by Gasteiger charge is -2.19. The van der Waals surface area contributed by atoms with Crippen LogP contribution in [0.4, 0.5) is 0 Å². The first kappa shape index (κ1) is 8.97. The number of hydrogen-bond acceptors (Lipinski definition) is 3. The van der Waals surface area contributed by atoms with Crippen LogP contribution in [0.15, 0.2) is 0 Å². The SMILES string of the molecule is NC(=O)CCNC1CC2CCC1O2. The maximum absolute atomic E-state index is 10.5. The second-order valence-corrected chi connectivity index (χ2v) is 3.89. The quantitative estimate of drug-likeness (QED) is 0.634. The molecule has 2 bridgehead atoms. The molecule has 0 aromatic rings. The van der Waals surface area contributed by atoms with Gasteiger partial charge in [0.2, 0.25) is 5.91 Å². The van der Waals surface area contributed by atoms with Crippen molar-refractivity contribution in [3.8, 4) is 0 Å². The second-order valence-electron chi connectivity index (χ2n) is 3.89. The van der Waals surface area contributed by atoms with Crippen molar-refractivity contribution >= 4 is 5.91 Å². The van der Waals surface area contributed by atoms with Crippen LogP contribution in [-0.2, 0) is 9.53 Å². The van der Waals surface area contributed by atoms with E-state index in [1.54, 1.807) is 0 Å². The highest BCUT2D eigenvalue weighted by atomic mass is 16.5. The summed E-state index contributed by atoms with van der Waals surface area (Å²) >= 11 is 0. The normalized spacial score (nSPS) is 36.8. The summed E-state index contributed by atoms with van der Waals surface area (Å²) in [5.41, 5.74) is 5.04. The van der Waals surface area contributed by atoms with Gasteiger partial charge in [-0.15, -0.1) is 0 Å². The maximum Gasteiger partial charge on any atom is 0.218 e. The molecule has 4 nitrogen and oxygen atoms in total. The van der Waals surface area contributed by atoms with E-state index in [2.05, 4.69) is 5.32 Å². The van der Waals surface area contributed by atoms with E-state index in [0.29, 0.717) is 31.2 Å². The van der Waals surface area contributed by atoms with E-state index in [1.807, 2.05) is 0 Å². The van der Waals surface area contributed by atoms with Gasteiger partial charge in [0.1, 0.15) is 0 Å². The Morgan fingerprint density at radius 1 is 1.54 bits per heavy atom. The zero-order chi connectivity index (χ0) is 9.26. The number of rotatable bonds is 4. The lowest BCUT2D eigenvalue weighted by molar-refractivity contribution is -0.117. The van der Waals surface area contributed by atoms with E-state index in [9.17, 15) is 4.79 Å². The predicted octanol–water partition coefficient (Wildman–Crippen LogP) is -0.229. The third-order valence-corrected chi connectivity index (χ3v) is 2.88. The van der Waals surface area contributed by atoms with Crippen molar-refractivity contribution in [3.05, 3.63) is 0 Å². The molecule has 0 aromatic heterocycles. The Balaban J connectivity index is 1.68. The lowest BCUT2D eigenvalue weighted by Crippen LogP contribution is -2.39. The Bertz CT molecular complexity index is 208. The molecular weight excluding hydrogens is 168 g/mol. The van der Waals surface area contributed by atoms with E-state index in [4.69, 9.17) is 10.5 Å². The average Bonchev–Trinajstić information content (AvgIpc) is 2.64. The van der Waals surface area contributed by atoms with Crippen molar-refractivity contribution in [3.63, 3.8) is 0 Å². The number of hydrogen-bond donors (Lipinski definition) is 2. The fraction of sp³-hybridized carbons (Fsp3) is 0.889. The zero-order valence-corrected chi connectivity index (χ0v) is 7.66. The molecule has 0 aromatic carbocycles. The predicted molar refractivity (Wildman–Crippen MR) is 48.1 cm³/mol. The minimum atomic E-state index is -0.239. The Hall–Kier alpha value is -0.610. The van der Waals surface area contributed by atoms with Gasteiger partial charge in [0.15, 0.2) is 0 Å². The molecule has 3 unspecified atom stereocenters. The molecule has 3 atom stereocenters.